The summed E-state index contributed by atoms with van der Waals surface area (Å²) in [6.07, 6.45) is 0.761. The molecule has 0 N–H and O–H groups in total. The second-order valence-electron chi connectivity index (χ2n) is 7.46. The van der Waals surface area contributed by atoms with Crippen molar-refractivity contribution in [3.8, 4) is 0 Å². The fraction of sp³-hybridized carbons (Fsp3) is 0.192. The number of fused-ring (bicyclic) bond motifs is 1. The van der Waals surface area contributed by atoms with E-state index in [1.54, 1.807) is 11.3 Å². The van der Waals surface area contributed by atoms with E-state index in [-0.39, 0.29) is 5.91 Å². The van der Waals surface area contributed by atoms with Crippen LogP contribution in [0.15, 0.2) is 72.8 Å². The molecule has 3 aromatic carbocycles. The summed E-state index contributed by atoms with van der Waals surface area (Å²) in [6, 6.07) is 25.1. The summed E-state index contributed by atoms with van der Waals surface area (Å²) >= 11 is 1.61. The lowest BCUT2D eigenvalue weighted by atomic mass is 10.0. The minimum absolute atomic E-state index is 0.0846. The predicted octanol–water partition coefficient (Wildman–Crippen LogP) is 6.78. The molecule has 4 rings (SSSR count). The maximum atomic E-state index is 13.7. The molecule has 0 fully saturated rings. The molecular formula is C26H25NOS. The molecule has 1 heterocycles. The van der Waals surface area contributed by atoms with Crippen LogP contribution in [-0.4, -0.2) is 12.5 Å². The van der Waals surface area contributed by atoms with E-state index in [1.165, 1.54) is 21.2 Å². The predicted molar refractivity (Wildman–Crippen MR) is 124 cm³/mol. The number of benzene rings is 3. The van der Waals surface area contributed by atoms with E-state index >= 15 is 0 Å². The maximum Gasteiger partial charge on any atom is 0.268 e. The first-order valence-corrected chi connectivity index (χ1v) is 10.8. The van der Waals surface area contributed by atoms with Crippen molar-refractivity contribution in [3.05, 3.63) is 99.9 Å². The molecule has 0 spiro atoms. The molecule has 2 nitrogen and oxygen atoms in total. The summed E-state index contributed by atoms with van der Waals surface area (Å²) in [7, 11) is 0. The quantitative estimate of drug-likeness (QED) is 0.362. The van der Waals surface area contributed by atoms with Gasteiger partial charge < -0.3 is 4.90 Å². The largest absolute Gasteiger partial charge is 0.308 e. The first-order chi connectivity index (χ1) is 14.1. The molecule has 0 aliphatic heterocycles. The second kappa shape index (κ2) is 8.22. The molecular weight excluding hydrogens is 374 g/mol. The number of hydrogen-bond donors (Lipinski definition) is 0. The van der Waals surface area contributed by atoms with Gasteiger partial charge in [0, 0.05) is 16.9 Å². The number of aryl methyl sites for hydroxylation is 2. The highest BCUT2D eigenvalue weighted by Gasteiger charge is 2.23. The number of hydrogen-bond acceptors (Lipinski definition) is 2. The van der Waals surface area contributed by atoms with E-state index in [2.05, 4.69) is 68.4 Å². The number of thiophene rings is 1. The number of nitrogens with zero attached hydrogens (tertiary/aromatic N) is 1. The molecule has 0 saturated carbocycles. The summed E-state index contributed by atoms with van der Waals surface area (Å²) in [5, 5.41) is 1.18. The summed E-state index contributed by atoms with van der Waals surface area (Å²) in [5.41, 5.74) is 5.72. The highest BCUT2D eigenvalue weighted by atomic mass is 32.1. The minimum Gasteiger partial charge on any atom is -0.308 e. The van der Waals surface area contributed by atoms with E-state index in [1.807, 2.05) is 30.0 Å². The molecule has 0 atom stereocenters. The molecule has 146 valence electrons. The highest BCUT2D eigenvalue weighted by molar-refractivity contribution is 7.21. The Balaban J connectivity index is 1.79. The topological polar surface area (TPSA) is 20.3 Å². The van der Waals surface area contributed by atoms with Gasteiger partial charge in [-0.3, -0.25) is 4.79 Å². The van der Waals surface area contributed by atoms with Gasteiger partial charge in [0.25, 0.3) is 5.91 Å². The summed E-state index contributed by atoms with van der Waals surface area (Å²) in [5.74, 6) is 0.0846. The van der Waals surface area contributed by atoms with Crippen molar-refractivity contribution < 1.29 is 4.79 Å². The van der Waals surface area contributed by atoms with Gasteiger partial charge in [0.1, 0.15) is 0 Å². The second-order valence-corrected chi connectivity index (χ2v) is 8.51. The third kappa shape index (κ3) is 3.96. The number of carbonyl (C=O) groups excluding carboxylic acids is 1. The van der Waals surface area contributed by atoms with Gasteiger partial charge in [-0.25, -0.2) is 0 Å². The smallest absolute Gasteiger partial charge is 0.268 e. The fourth-order valence-corrected chi connectivity index (χ4v) is 4.89. The van der Waals surface area contributed by atoms with E-state index in [0.717, 1.165) is 28.1 Å². The van der Waals surface area contributed by atoms with Crippen LogP contribution in [-0.2, 0) is 6.42 Å². The van der Waals surface area contributed by atoms with Gasteiger partial charge in [-0.15, -0.1) is 11.3 Å². The van der Waals surface area contributed by atoms with Crippen molar-refractivity contribution in [2.24, 2.45) is 0 Å². The Labute approximate surface area is 176 Å². The molecule has 0 unspecified atom stereocenters. The number of carbonyl (C=O) groups is 1. The SMILES string of the molecule is CCN(C(=O)c1sc2ccccc2c1Cc1ccc(C)cc1)c1cccc(C)c1. The lowest BCUT2D eigenvalue weighted by Crippen LogP contribution is -2.30. The Morgan fingerprint density at radius 2 is 1.66 bits per heavy atom. The average molecular weight is 400 g/mol. The van der Waals surface area contributed by atoms with E-state index in [0.29, 0.717) is 6.54 Å². The number of rotatable bonds is 5. The van der Waals surface area contributed by atoms with Gasteiger partial charge in [0.2, 0.25) is 0 Å². The van der Waals surface area contributed by atoms with E-state index < -0.39 is 0 Å². The molecule has 4 aromatic rings. The monoisotopic (exact) mass is 399 g/mol. The van der Waals surface area contributed by atoms with Crippen LogP contribution in [0.4, 0.5) is 5.69 Å². The maximum absolute atomic E-state index is 13.7. The Bertz CT molecular complexity index is 1160. The van der Waals surface area contributed by atoms with Crippen molar-refractivity contribution in [3.63, 3.8) is 0 Å². The van der Waals surface area contributed by atoms with Gasteiger partial charge in [-0.2, -0.15) is 0 Å². The Hall–Kier alpha value is -2.91. The van der Waals surface area contributed by atoms with E-state index in [4.69, 9.17) is 0 Å². The Morgan fingerprint density at radius 3 is 2.38 bits per heavy atom. The summed E-state index contributed by atoms with van der Waals surface area (Å²) in [4.78, 5) is 16.4. The number of amides is 1. The zero-order valence-electron chi connectivity index (χ0n) is 17.1. The fourth-order valence-electron chi connectivity index (χ4n) is 3.72. The van der Waals surface area contributed by atoms with Gasteiger partial charge in [0.05, 0.1) is 4.88 Å². The molecule has 3 heteroatoms. The zero-order valence-corrected chi connectivity index (χ0v) is 17.9. The molecule has 0 radical (unpaired) electrons. The molecule has 0 aliphatic carbocycles. The van der Waals surface area contributed by atoms with Crippen LogP contribution in [0.5, 0.6) is 0 Å². The third-order valence-electron chi connectivity index (χ3n) is 5.27. The molecule has 1 amide bonds. The Morgan fingerprint density at radius 1 is 0.897 bits per heavy atom. The molecule has 29 heavy (non-hydrogen) atoms. The lowest BCUT2D eigenvalue weighted by molar-refractivity contribution is 0.0991. The number of anilines is 1. The standard InChI is InChI=1S/C26H25NOS/c1-4-27(21-9-7-8-19(3)16-21)26(28)25-23(17-20-14-12-18(2)13-15-20)22-10-5-6-11-24(22)29-25/h5-16H,4,17H2,1-3H3. The van der Waals surface area contributed by atoms with Crippen LogP contribution in [0.3, 0.4) is 0 Å². The Kier molecular flexibility index (Phi) is 5.50. The van der Waals surface area contributed by atoms with Crippen LogP contribution in [0.25, 0.3) is 10.1 Å². The van der Waals surface area contributed by atoms with Crippen LogP contribution >= 0.6 is 11.3 Å². The van der Waals surface area contributed by atoms with Crippen LogP contribution < -0.4 is 4.90 Å². The van der Waals surface area contributed by atoms with E-state index in [9.17, 15) is 4.79 Å². The van der Waals surface area contributed by atoms with Gasteiger partial charge in [0.15, 0.2) is 0 Å². The van der Waals surface area contributed by atoms with Gasteiger partial charge >= 0.3 is 0 Å². The van der Waals surface area contributed by atoms with Crippen molar-refractivity contribution in [2.45, 2.75) is 27.2 Å². The van der Waals surface area contributed by atoms with Gasteiger partial charge in [-0.1, -0.05) is 60.2 Å². The first-order valence-electron chi connectivity index (χ1n) is 10.0. The average Bonchev–Trinajstić information content (AvgIpc) is 3.09. The van der Waals surface area contributed by atoms with Crippen molar-refractivity contribution >= 4 is 33.0 Å². The molecule has 0 saturated heterocycles. The molecule has 0 bridgehead atoms. The third-order valence-corrected chi connectivity index (χ3v) is 6.47. The lowest BCUT2D eigenvalue weighted by Gasteiger charge is -2.21. The first kappa shape index (κ1) is 19.4. The van der Waals surface area contributed by atoms with Crippen LogP contribution in [0.1, 0.15) is 38.8 Å². The molecule has 0 aliphatic rings. The van der Waals surface area contributed by atoms with Crippen molar-refractivity contribution in [1.82, 2.24) is 0 Å². The van der Waals surface area contributed by atoms with Gasteiger partial charge in [-0.05, 0) is 67.5 Å². The van der Waals surface area contributed by atoms with Crippen molar-refractivity contribution in [2.75, 3.05) is 11.4 Å². The molecule has 1 aromatic heterocycles. The summed E-state index contributed by atoms with van der Waals surface area (Å²) < 4.78 is 1.17. The highest BCUT2D eigenvalue weighted by Crippen LogP contribution is 2.35. The minimum atomic E-state index is 0.0846. The summed E-state index contributed by atoms with van der Waals surface area (Å²) in [6.45, 7) is 6.83. The zero-order chi connectivity index (χ0) is 20.4. The van der Waals surface area contributed by atoms with Crippen molar-refractivity contribution in [1.29, 1.82) is 0 Å². The van der Waals surface area contributed by atoms with Crippen LogP contribution in [0, 0.1) is 13.8 Å². The van der Waals surface area contributed by atoms with Crippen LogP contribution in [0.2, 0.25) is 0 Å². The normalized spacial score (nSPS) is 11.0.